The molecule has 0 spiro atoms. The van der Waals surface area contributed by atoms with Gasteiger partial charge in [-0.2, -0.15) is 0 Å². The van der Waals surface area contributed by atoms with Crippen molar-refractivity contribution in [2.45, 2.75) is 51.6 Å². The predicted molar refractivity (Wildman–Crippen MR) is 79.2 cm³/mol. The van der Waals surface area contributed by atoms with E-state index >= 15 is 0 Å². The third kappa shape index (κ3) is 6.34. The lowest BCUT2D eigenvalue weighted by Crippen LogP contribution is -2.46. The topological polar surface area (TPSA) is 87.5 Å². The maximum absolute atomic E-state index is 11.9. The molecule has 6 heteroatoms. The van der Waals surface area contributed by atoms with Gasteiger partial charge in [0.25, 0.3) is 0 Å². The minimum atomic E-state index is -0.0759. The molecule has 0 aromatic carbocycles. The lowest BCUT2D eigenvalue weighted by molar-refractivity contribution is -0.123. The summed E-state index contributed by atoms with van der Waals surface area (Å²) in [5, 5.41) is 5.49. The molecule has 0 aromatic heterocycles. The second-order valence-corrected chi connectivity index (χ2v) is 5.46. The second-order valence-electron chi connectivity index (χ2n) is 5.46. The molecule has 0 saturated heterocycles. The molecule has 0 bridgehead atoms. The van der Waals surface area contributed by atoms with Crippen LogP contribution in [0.4, 0.5) is 0 Å². The van der Waals surface area contributed by atoms with Crippen LogP contribution in [0.15, 0.2) is 0 Å². The molecular weight excluding hydrogens is 256 g/mol. The van der Waals surface area contributed by atoms with Crippen molar-refractivity contribution in [2.24, 2.45) is 5.73 Å². The summed E-state index contributed by atoms with van der Waals surface area (Å²) >= 11 is 0. The molecule has 1 fully saturated rings. The summed E-state index contributed by atoms with van der Waals surface area (Å²) in [7, 11) is 0. The first kappa shape index (κ1) is 16.9. The van der Waals surface area contributed by atoms with Gasteiger partial charge in [0.05, 0.1) is 6.54 Å². The van der Waals surface area contributed by atoms with E-state index in [0.29, 0.717) is 31.7 Å². The molecule has 1 saturated carbocycles. The molecule has 0 aromatic rings. The van der Waals surface area contributed by atoms with Crippen LogP contribution in [0.25, 0.3) is 0 Å². The van der Waals surface area contributed by atoms with Gasteiger partial charge >= 0.3 is 0 Å². The van der Waals surface area contributed by atoms with Gasteiger partial charge in [-0.15, -0.1) is 0 Å². The first-order valence-electron chi connectivity index (χ1n) is 7.53. The van der Waals surface area contributed by atoms with Gasteiger partial charge in [0, 0.05) is 32.1 Å². The Balaban J connectivity index is 2.25. The van der Waals surface area contributed by atoms with Crippen molar-refractivity contribution in [1.82, 2.24) is 15.5 Å². The Morgan fingerprint density at radius 2 is 1.75 bits per heavy atom. The Bertz CT molecular complexity index is 314. The average Bonchev–Trinajstić information content (AvgIpc) is 2.42. The number of nitrogens with two attached hydrogens (primary N) is 1. The molecule has 4 N–H and O–H groups in total. The van der Waals surface area contributed by atoms with Crippen LogP contribution in [-0.4, -0.2) is 55.0 Å². The number of carbonyl (C=O) groups excluding carboxylic acids is 2. The number of carbonyl (C=O) groups is 2. The summed E-state index contributed by atoms with van der Waals surface area (Å²) < 4.78 is 0. The highest BCUT2D eigenvalue weighted by molar-refractivity contribution is 5.78. The van der Waals surface area contributed by atoms with Crippen molar-refractivity contribution in [3.05, 3.63) is 0 Å². The largest absolute Gasteiger partial charge is 0.355 e. The number of rotatable bonds is 7. The zero-order valence-electron chi connectivity index (χ0n) is 12.7. The highest BCUT2D eigenvalue weighted by Gasteiger charge is 2.24. The van der Waals surface area contributed by atoms with Gasteiger partial charge in [0.1, 0.15) is 0 Å². The Morgan fingerprint density at radius 1 is 1.15 bits per heavy atom. The lowest BCUT2D eigenvalue weighted by atomic mass is 9.91. The average molecular weight is 284 g/mol. The number of nitrogens with zero attached hydrogens (tertiary/aromatic N) is 1. The fraction of sp³-hybridized carbons (Fsp3) is 0.857. The maximum atomic E-state index is 11.9. The molecule has 0 unspecified atom stereocenters. The SMILES string of the molecule is CCN(CC(=O)NCCNC(C)=O)C1CCC(N)CC1. The van der Waals surface area contributed by atoms with Gasteiger partial charge in [0.2, 0.25) is 11.8 Å². The van der Waals surface area contributed by atoms with E-state index in [4.69, 9.17) is 5.73 Å². The molecule has 1 rings (SSSR count). The van der Waals surface area contributed by atoms with Gasteiger partial charge in [-0.1, -0.05) is 6.92 Å². The summed E-state index contributed by atoms with van der Waals surface area (Å²) in [5.41, 5.74) is 5.91. The zero-order valence-corrected chi connectivity index (χ0v) is 12.7. The number of amides is 2. The first-order valence-corrected chi connectivity index (χ1v) is 7.53. The van der Waals surface area contributed by atoms with Crippen molar-refractivity contribution in [3.63, 3.8) is 0 Å². The van der Waals surface area contributed by atoms with Crippen LogP contribution in [-0.2, 0) is 9.59 Å². The summed E-state index contributed by atoms with van der Waals surface area (Å²) in [6.07, 6.45) is 4.25. The molecule has 0 heterocycles. The molecule has 2 amide bonds. The van der Waals surface area contributed by atoms with Crippen molar-refractivity contribution < 1.29 is 9.59 Å². The van der Waals surface area contributed by atoms with Crippen molar-refractivity contribution in [2.75, 3.05) is 26.2 Å². The van der Waals surface area contributed by atoms with Crippen LogP contribution in [0.2, 0.25) is 0 Å². The highest BCUT2D eigenvalue weighted by atomic mass is 16.2. The van der Waals surface area contributed by atoms with Gasteiger partial charge in [0.15, 0.2) is 0 Å². The number of nitrogens with one attached hydrogen (secondary N) is 2. The quantitative estimate of drug-likeness (QED) is 0.567. The summed E-state index contributed by atoms with van der Waals surface area (Å²) in [6, 6.07) is 0.803. The molecule has 0 radical (unpaired) electrons. The van der Waals surface area contributed by atoms with Crippen LogP contribution >= 0.6 is 0 Å². The van der Waals surface area contributed by atoms with Gasteiger partial charge in [-0.25, -0.2) is 0 Å². The molecular formula is C14H28N4O2. The molecule has 0 atom stereocenters. The van der Waals surface area contributed by atoms with E-state index in [1.165, 1.54) is 6.92 Å². The van der Waals surface area contributed by atoms with Crippen LogP contribution in [0.3, 0.4) is 0 Å². The molecule has 0 aliphatic heterocycles. The van der Waals surface area contributed by atoms with E-state index < -0.39 is 0 Å². The van der Waals surface area contributed by atoms with Crippen LogP contribution < -0.4 is 16.4 Å². The Hall–Kier alpha value is -1.14. The van der Waals surface area contributed by atoms with Crippen LogP contribution in [0.1, 0.15) is 39.5 Å². The second kappa shape index (κ2) is 8.92. The van der Waals surface area contributed by atoms with E-state index in [-0.39, 0.29) is 11.8 Å². The zero-order chi connectivity index (χ0) is 15.0. The van der Waals surface area contributed by atoms with E-state index in [9.17, 15) is 9.59 Å². The number of hydrogen-bond donors (Lipinski definition) is 3. The predicted octanol–water partition coefficient (Wildman–Crippen LogP) is -0.169. The Labute approximate surface area is 121 Å². The minimum Gasteiger partial charge on any atom is -0.355 e. The van der Waals surface area contributed by atoms with Gasteiger partial charge < -0.3 is 16.4 Å². The fourth-order valence-corrected chi connectivity index (χ4v) is 2.65. The maximum Gasteiger partial charge on any atom is 0.234 e. The summed E-state index contributed by atoms with van der Waals surface area (Å²) in [5.74, 6) is -0.0555. The minimum absolute atomic E-state index is 0.0204. The Kier molecular flexibility index (Phi) is 7.54. The van der Waals surface area contributed by atoms with Crippen molar-refractivity contribution >= 4 is 11.8 Å². The first-order chi connectivity index (χ1) is 9.52. The van der Waals surface area contributed by atoms with Crippen molar-refractivity contribution in [3.8, 4) is 0 Å². The van der Waals surface area contributed by atoms with Crippen LogP contribution in [0.5, 0.6) is 0 Å². The van der Waals surface area contributed by atoms with E-state index in [1.807, 2.05) is 0 Å². The van der Waals surface area contributed by atoms with E-state index in [1.54, 1.807) is 0 Å². The highest BCUT2D eigenvalue weighted by Crippen LogP contribution is 2.21. The van der Waals surface area contributed by atoms with Gasteiger partial charge in [-0.3, -0.25) is 14.5 Å². The van der Waals surface area contributed by atoms with Crippen molar-refractivity contribution in [1.29, 1.82) is 0 Å². The monoisotopic (exact) mass is 284 g/mol. The van der Waals surface area contributed by atoms with E-state index in [2.05, 4.69) is 22.5 Å². The smallest absolute Gasteiger partial charge is 0.234 e. The molecule has 20 heavy (non-hydrogen) atoms. The Morgan fingerprint density at radius 3 is 2.30 bits per heavy atom. The summed E-state index contributed by atoms with van der Waals surface area (Å²) in [6.45, 7) is 5.81. The van der Waals surface area contributed by atoms with E-state index in [0.717, 1.165) is 32.2 Å². The summed E-state index contributed by atoms with van der Waals surface area (Å²) in [4.78, 5) is 24.8. The molecule has 1 aliphatic rings. The van der Waals surface area contributed by atoms with Gasteiger partial charge in [-0.05, 0) is 32.2 Å². The normalized spacial score (nSPS) is 22.6. The molecule has 1 aliphatic carbocycles. The number of hydrogen-bond acceptors (Lipinski definition) is 4. The molecule has 116 valence electrons. The molecule has 6 nitrogen and oxygen atoms in total. The number of likely N-dealkylation sites (N-methyl/N-ethyl adjacent to an activating group) is 1. The standard InChI is InChI=1S/C14H28N4O2/c1-3-18(13-6-4-12(15)5-7-13)10-14(20)17-9-8-16-11(2)19/h12-13H,3-10,15H2,1-2H3,(H,16,19)(H,17,20). The fourth-order valence-electron chi connectivity index (χ4n) is 2.65. The third-order valence-electron chi connectivity index (χ3n) is 3.83. The van der Waals surface area contributed by atoms with Crippen LogP contribution in [0, 0.1) is 0 Å². The third-order valence-corrected chi connectivity index (χ3v) is 3.83. The lowest BCUT2D eigenvalue weighted by Gasteiger charge is -2.34.